The van der Waals surface area contributed by atoms with E-state index in [4.69, 9.17) is 16.3 Å². The van der Waals surface area contributed by atoms with Crippen molar-refractivity contribution in [2.75, 3.05) is 26.2 Å². The van der Waals surface area contributed by atoms with Gasteiger partial charge in [0.15, 0.2) is 11.6 Å². The number of hydrogen-bond acceptors (Lipinski definition) is 5. The second-order valence-electron chi connectivity index (χ2n) is 7.14. The molecule has 0 bridgehead atoms. The van der Waals surface area contributed by atoms with E-state index in [-0.39, 0.29) is 42.4 Å². The maximum atomic E-state index is 15.7. The van der Waals surface area contributed by atoms with Crippen LogP contribution in [0.1, 0.15) is 10.4 Å². The van der Waals surface area contributed by atoms with Crippen molar-refractivity contribution < 1.29 is 42.4 Å². The van der Waals surface area contributed by atoms with Gasteiger partial charge in [-0.05, 0) is 18.2 Å². The van der Waals surface area contributed by atoms with Gasteiger partial charge in [0.1, 0.15) is 18.1 Å². The fourth-order valence-corrected chi connectivity index (χ4v) is 4.13. The fourth-order valence-electron chi connectivity index (χ4n) is 3.86. The Bertz CT molecular complexity index is 1080. The third-order valence-electron chi connectivity index (χ3n) is 5.31. The fraction of sp³-hybridized carbons (Fsp3) is 0.300. The normalized spacial score (nSPS) is 18.0. The van der Waals surface area contributed by atoms with E-state index in [0.717, 1.165) is 11.0 Å². The molecule has 1 atom stereocenters. The number of piperazine rings is 1. The first-order chi connectivity index (χ1) is 15.2. The van der Waals surface area contributed by atoms with Crippen molar-refractivity contribution in [1.29, 1.82) is 0 Å². The summed E-state index contributed by atoms with van der Waals surface area (Å²) in [4.78, 5) is 26.8. The Morgan fingerprint density at radius 2 is 2.03 bits per heavy atom. The molecule has 170 valence electrons. The minimum atomic E-state index is -3.36. The molecule has 2 N–H and O–H groups in total. The van der Waals surface area contributed by atoms with Gasteiger partial charge in [-0.3, -0.25) is 4.79 Å². The predicted molar refractivity (Wildman–Crippen MR) is 105 cm³/mol. The van der Waals surface area contributed by atoms with Crippen LogP contribution in [0.4, 0.5) is 18.0 Å². The van der Waals surface area contributed by atoms with Gasteiger partial charge in [0, 0.05) is 25.2 Å². The van der Waals surface area contributed by atoms with E-state index < -0.39 is 53.3 Å². The first kappa shape index (κ1) is 21.9. The number of alkyl halides is 2. The number of halogens is 4. The summed E-state index contributed by atoms with van der Waals surface area (Å²) in [5.41, 5.74) is -1.26. The van der Waals surface area contributed by atoms with Crippen molar-refractivity contribution in [3.63, 3.8) is 0 Å². The number of carbonyl (C=O) groups is 2. The van der Waals surface area contributed by atoms with E-state index in [9.17, 15) is 28.6 Å². The molecule has 0 spiro atoms. The van der Waals surface area contributed by atoms with E-state index in [1.807, 2.05) is 0 Å². The summed E-state index contributed by atoms with van der Waals surface area (Å²) in [7, 11) is 0. The maximum Gasteiger partial charge on any atom is 0.407 e. The molecule has 0 saturated carbocycles. The number of phenols is 1. The SMILES string of the molecule is O=C(O)N1CCN2C(=O)c3cc(OC(F)F)c(-c4c(O)cccc4Cl)c(F)c3OC[C@H]2C1. The average Bonchev–Trinajstić information content (AvgIpc) is 2.86. The van der Waals surface area contributed by atoms with Crippen molar-refractivity contribution >= 4 is 23.6 Å². The lowest BCUT2D eigenvalue weighted by atomic mass is 9.99. The molecule has 0 unspecified atom stereocenters. The molecule has 12 heteroatoms. The highest BCUT2D eigenvalue weighted by molar-refractivity contribution is 6.33. The van der Waals surface area contributed by atoms with Crippen molar-refractivity contribution in [3.8, 4) is 28.4 Å². The van der Waals surface area contributed by atoms with E-state index in [1.54, 1.807) is 0 Å². The Hall–Kier alpha value is -3.34. The van der Waals surface area contributed by atoms with Crippen molar-refractivity contribution in [2.24, 2.45) is 0 Å². The lowest BCUT2D eigenvalue weighted by Gasteiger charge is -2.38. The van der Waals surface area contributed by atoms with Crippen LogP contribution in [0.15, 0.2) is 24.3 Å². The smallest absolute Gasteiger partial charge is 0.407 e. The number of phenolic OH excluding ortho intramolecular Hbond substituents is 1. The molecule has 8 nitrogen and oxygen atoms in total. The van der Waals surface area contributed by atoms with Gasteiger partial charge < -0.3 is 29.5 Å². The first-order valence-electron chi connectivity index (χ1n) is 9.39. The van der Waals surface area contributed by atoms with Crippen LogP contribution in [0.3, 0.4) is 0 Å². The molecule has 4 rings (SSSR count). The molecule has 0 aliphatic carbocycles. The summed E-state index contributed by atoms with van der Waals surface area (Å²) in [6.45, 7) is -3.61. The zero-order valence-corrected chi connectivity index (χ0v) is 17.0. The summed E-state index contributed by atoms with van der Waals surface area (Å²) in [5, 5.41) is 19.3. The monoisotopic (exact) mass is 472 g/mol. The van der Waals surface area contributed by atoms with E-state index in [1.165, 1.54) is 23.1 Å². The van der Waals surface area contributed by atoms with Crippen molar-refractivity contribution in [2.45, 2.75) is 12.7 Å². The summed E-state index contributed by atoms with van der Waals surface area (Å²) < 4.78 is 51.9. The van der Waals surface area contributed by atoms with Crippen LogP contribution in [-0.2, 0) is 0 Å². The van der Waals surface area contributed by atoms with E-state index >= 15 is 4.39 Å². The number of rotatable bonds is 3. The number of benzene rings is 2. The zero-order chi connectivity index (χ0) is 23.2. The van der Waals surface area contributed by atoms with Gasteiger partial charge in [0.2, 0.25) is 0 Å². The largest absolute Gasteiger partial charge is 0.507 e. The highest BCUT2D eigenvalue weighted by Gasteiger charge is 2.39. The zero-order valence-electron chi connectivity index (χ0n) is 16.2. The number of hydrogen-bond donors (Lipinski definition) is 2. The molecule has 0 aromatic heterocycles. The number of fused-ring (bicyclic) bond motifs is 2. The van der Waals surface area contributed by atoms with Crippen molar-refractivity contribution in [1.82, 2.24) is 9.80 Å². The molecule has 32 heavy (non-hydrogen) atoms. The number of amides is 2. The minimum absolute atomic E-state index is 0.0122. The highest BCUT2D eigenvalue weighted by Crippen LogP contribution is 2.47. The number of carbonyl (C=O) groups excluding carboxylic acids is 1. The van der Waals surface area contributed by atoms with Gasteiger partial charge >= 0.3 is 12.7 Å². The molecule has 2 aliphatic rings. The number of aromatic hydroxyl groups is 1. The Morgan fingerprint density at radius 1 is 1.28 bits per heavy atom. The number of nitrogens with zero attached hydrogens (tertiary/aromatic N) is 2. The first-order valence-corrected chi connectivity index (χ1v) is 9.77. The topological polar surface area (TPSA) is 99.5 Å². The second kappa shape index (κ2) is 8.30. The average molecular weight is 473 g/mol. The van der Waals surface area contributed by atoms with Gasteiger partial charge in [-0.2, -0.15) is 8.78 Å². The molecule has 1 fully saturated rings. The molecule has 2 aromatic rings. The Kier molecular flexibility index (Phi) is 5.68. The standard InChI is InChI=1S/C20H16ClF3N2O6/c21-11-2-1-3-12(27)14(11)15-13(32-19(23)24)6-10-17(16(15)22)31-8-9-7-25(20(29)30)4-5-26(9)18(10)28/h1-3,6,9,19,27H,4-5,7-8H2,(H,29,30)/t9-/m1/s1. The van der Waals surface area contributed by atoms with E-state index in [0.29, 0.717) is 0 Å². The molecule has 1 saturated heterocycles. The lowest BCUT2D eigenvalue weighted by molar-refractivity contribution is -0.0496. The molecule has 2 heterocycles. The highest BCUT2D eigenvalue weighted by atomic mass is 35.5. The molecular weight excluding hydrogens is 457 g/mol. The minimum Gasteiger partial charge on any atom is -0.507 e. The second-order valence-corrected chi connectivity index (χ2v) is 7.55. The van der Waals surface area contributed by atoms with Crippen LogP contribution >= 0.6 is 11.6 Å². The van der Waals surface area contributed by atoms with Crippen LogP contribution in [0.25, 0.3) is 11.1 Å². The molecular formula is C20H16ClF3N2O6. The maximum absolute atomic E-state index is 15.7. The lowest BCUT2D eigenvalue weighted by Crippen LogP contribution is -2.57. The molecule has 0 radical (unpaired) electrons. The van der Waals surface area contributed by atoms with Crippen LogP contribution in [-0.4, -0.2) is 70.9 Å². The van der Waals surface area contributed by atoms with Crippen LogP contribution in [0.2, 0.25) is 5.02 Å². The Balaban J connectivity index is 1.86. The molecule has 2 aromatic carbocycles. The third-order valence-corrected chi connectivity index (χ3v) is 5.62. The summed E-state index contributed by atoms with van der Waals surface area (Å²) in [5.74, 6) is -3.67. The molecule has 2 amide bonds. The van der Waals surface area contributed by atoms with Gasteiger partial charge in [0.25, 0.3) is 5.91 Å². The third kappa shape index (κ3) is 3.72. The van der Waals surface area contributed by atoms with Crippen LogP contribution < -0.4 is 9.47 Å². The molecule has 2 aliphatic heterocycles. The Labute approximate surface area is 184 Å². The van der Waals surface area contributed by atoms with Gasteiger partial charge in [-0.25, -0.2) is 9.18 Å². The summed E-state index contributed by atoms with van der Waals surface area (Å²) in [6, 6.07) is 4.08. The summed E-state index contributed by atoms with van der Waals surface area (Å²) >= 11 is 6.09. The number of carboxylic acid groups (broad SMARTS) is 1. The van der Waals surface area contributed by atoms with E-state index in [2.05, 4.69) is 4.74 Å². The Morgan fingerprint density at radius 3 is 2.69 bits per heavy atom. The number of ether oxygens (including phenoxy) is 2. The van der Waals surface area contributed by atoms with Crippen molar-refractivity contribution in [3.05, 3.63) is 40.7 Å². The van der Waals surface area contributed by atoms with Gasteiger partial charge in [-0.15, -0.1) is 0 Å². The quantitative estimate of drug-likeness (QED) is 0.707. The summed E-state index contributed by atoms with van der Waals surface area (Å²) in [6.07, 6.45) is -1.17. The predicted octanol–water partition coefficient (Wildman–Crippen LogP) is 3.65. The van der Waals surface area contributed by atoms with Gasteiger partial charge in [-0.1, -0.05) is 17.7 Å². The van der Waals surface area contributed by atoms with Gasteiger partial charge in [0.05, 0.1) is 22.2 Å². The van der Waals surface area contributed by atoms with Crippen LogP contribution in [0.5, 0.6) is 17.2 Å². The van der Waals surface area contributed by atoms with Crippen LogP contribution in [0, 0.1) is 5.82 Å².